The molecule has 1 N–H and O–H groups in total. The molecule has 1 aliphatic rings. The molecule has 1 saturated heterocycles. The molecule has 1 heterocycles. The maximum atomic E-state index is 12.5. The summed E-state index contributed by atoms with van der Waals surface area (Å²) in [5.41, 5.74) is 0.420. The number of imide groups is 1. The van der Waals surface area contributed by atoms with Crippen LogP contribution in [0.1, 0.15) is 25.8 Å². The van der Waals surface area contributed by atoms with Gasteiger partial charge in [0.15, 0.2) is 6.61 Å². The number of aliphatic carboxylic acids is 1. The first kappa shape index (κ1) is 22.0. The highest BCUT2D eigenvalue weighted by atomic mass is 79.9. The highest BCUT2D eigenvalue weighted by Crippen LogP contribution is 2.34. The molecule has 28 heavy (non-hydrogen) atoms. The van der Waals surface area contributed by atoms with Gasteiger partial charge in [-0.05, 0) is 49.4 Å². The Bertz CT molecular complexity index is 839. The molecular weight excluding hydrogens is 454 g/mol. The number of ether oxygens (including phenoxy) is 2. The van der Waals surface area contributed by atoms with Crippen molar-refractivity contribution in [1.82, 2.24) is 4.90 Å². The van der Waals surface area contributed by atoms with Gasteiger partial charge in [0, 0.05) is 10.0 Å². The van der Waals surface area contributed by atoms with Gasteiger partial charge >= 0.3 is 11.9 Å². The lowest BCUT2D eigenvalue weighted by Crippen LogP contribution is -2.35. The summed E-state index contributed by atoms with van der Waals surface area (Å²) < 4.78 is 11.0. The zero-order valence-electron chi connectivity index (χ0n) is 15.1. The molecule has 0 spiro atoms. The van der Waals surface area contributed by atoms with Gasteiger partial charge in [-0.1, -0.05) is 22.9 Å². The molecule has 0 aliphatic carbocycles. The van der Waals surface area contributed by atoms with Crippen molar-refractivity contribution < 1.29 is 33.8 Å². The van der Waals surface area contributed by atoms with E-state index < -0.39 is 36.2 Å². The van der Waals surface area contributed by atoms with Gasteiger partial charge < -0.3 is 14.6 Å². The summed E-state index contributed by atoms with van der Waals surface area (Å²) >= 11 is 3.98. The number of benzene rings is 1. The maximum absolute atomic E-state index is 12.5. The summed E-state index contributed by atoms with van der Waals surface area (Å²) in [7, 11) is 0. The standard InChI is InChI=1S/C18H18BrNO7S/c1-3-10(2)27-16(23)8-20-17(24)14(28-18(20)25)7-11-6-12(19)4-5-13(11)26-9-15(21)22/h4-7,10H,3,8-9H2,1-2H3,(H,21,22)/b14-7+/t10-/m0/s1. The second kappa shape index (κ2) is 9.74. The van der Waals surface area contributed by atoms with Crippen molar-refractivity contribution in [1.29, 1.82) is 0 Å². The average Bonchev–Trinajstić information content (AvgIpc) is 2.88. The smallest absolute Gasteiger partial charge is 0.341 e. The van der Waals surface area contributed by atoms with Gasteiger partial charge in [0.25, 0.3) is 11.1 Å². The molecule has 0 unspecified atom stereocenters. The van der Waals surface area contributed by atoms with E-state index in [4.69, 9.17) is 14.6 Å². The minimum atomic E-state index is -1.14. The van der Waals surface area contributed by atoms with E-state index in [9.17, 15) is 19.2 Å². The first-order valence-corrected chi connectivity index (χ1v) is 9.91. The van der Waals surface area contributed by atoms with E-state index in [0.29, 0.717) is 28.2 Å². The Balaban J connectivity index is 2.20. The molecule has 10 heteroatoms. The zero-order valence-corrected chi connectivity index (χ0v) is 17.5. The number of carboxylic acid groups (broad SMARTS) is 1. The SMILES string of the molecule is CC[C@H](C)OC(=O)CN1C(=O)S/C(=C/c2cc(Br)ccc2OCC(=O)O)C1=O. The van der Waals surface area contributed by atoms with Crippen molar-refractivity contribution in [2.24, 2.45) is 0 Å². The number of rotatable bonds is 8. The number of carbonyl (C=O) groups excluding carboxylic acids is 3. The number of thioether (sulfide) groups is 1. The summed E-state index contributed by atoms with van der Waals surface area (Å²) in [5, 5.41) is 8.19. The Morgan fingerprint density at radius 3 is 2.71 bits per heavy atom. The summed E-state index contributed by atoms with van der Waals surface area (Å²) in [6.45, 7) is 2.55. The fraction of sp³-hybridized carbons (Fsp3) is 0.333. The molecule has 1 aliphatic heterocycles. The van der Waals surface area contributed by atoms with Gasteiger partial charge in [0.2, 0.25) is 0 Å². The summed E-state index contributed by atoms with van der Waals surface area (Å²) in [6.07, 6.45) is 1.74. The number of nitrogens with zero attached hydrogens (tertiary/aromatic N) is 1. The Labute approximate surface area is 174 Å². The number of esters is 1. The topological polar surface area (TPSA) is 110 Å². The van der Waals surface area contributed by atoms with Crippen LogP contribution in [0.25, 0.3) is 6.08 Å². The molecule has 2 amide bonds. The van der Waals surface area contributed by atoms with E-state index in [0.717, 1.165) is 4.90 Å². The molecule has 0 bridgehead atoms. The number of amides is 2. The third-order valence-corrected chi connectivity index (χ3v) is 5.08. The average molecular weight is 472 g/mol. The van der Waals surface area contributed by atoms with Crippen LogP contribution in [0.15, 0.2) is 27.6 Å². The molecule has 2 rings (SSSR count). The molecule has 8 nitrogen and oxygen atoms in total. The Hall–Kier alpha value is -2.33. The van der Waals surface area contributed by atoms with Crippen LogP contribution in [0, 0.1) is 0 Å². The third-order valence-electron chi connectivity index (χ3n) is 3.68. The van der Waals surface area contributed by atoms with Crippen molar-refractivity contribution in [3.05, 3.63) is 33.1 Å². The van der Waals surface area contributed by atoms with Crippen molar-refractivity contribution in [2.75, 3.05) is 13.2 Å². The van der Waals surface area contributed by atoms with E-state index in [1.54, 1.807) is 25.1 Å². The van der Waals surface area contributed by atoms with E-state index in [1.807, 2.05) is 6.92 Å². The molecule has 1 aromatic rings. The summed E-state index contributed by atoms with van der Waals surface area (Å²) in [5.74, 6) is -2.19. The Kier molecular flexibility index (Phi) is 7.64. The largest absolute Gasteiger partial charge is 0.481 e. The summed E-state index contributed by atoms with van der Waals surface area (Å²) in [4.78, 5) is 48.2. The predicted molar refractivity (Wildman–Crippen MR) is 106 cm³/mol. The van der Waals surface area contributed by atoms with Crippen molar-refractivity contribution in [2.45, 2.75) is 26.4 Å². The second-order valence-electron chi connectivity index (χ2n) is 5.84. The van der Waals surface area contributed by atoms with Gasteiger partial charge in [-0.2, -0.15) is 0 Å². The molecule has 150 valence electrons. The van der Waals surface area contributed by atoms with Crippen LogP contribution >= 0.6 is 27.7 Å². The molecule has 0 saturated carbocycles. The fourth-order valence-corrected chi connectivity index (χ4v) is 3.36. The van der Waals surface area contributed by atoms with Crippen LogP contribution in [-0.2, 0) is 19.1 Å². The quantitative estimate of drug-likeness (QED) is 0.454. The number of halogens is 1. The third kappa shape index (κ3) is 5.83. The van der Waals surface area contributed by atoms with E-state index >= 15 is 0 Å². The lowest BCUT2D eigenvalue weighted by atomic mass is 10.2. The van der Waals surface area contributed by atoms with Crippen LogP contribution in [-0.4, -0.2) is 52.3 Å². The number of carboxylic acids is 1. The Morgan fingerprint density at radius 1 is 1.36 bits per heavy atom. The van der Waals surface area contributed by atoms with Gasteiger partial charge in [-0.15, -0.1) is 0 Å². The second-order valence-corrected chi connectivity index (χ2v) is 7.75. The molecule has 0 radical (unpaired) electrons. The molecular formula is C18H18BrNO7S. The van der Waals surface area contributed by atoms with Gasteiger partial charge in [-0.3, -0.25) is 19.3 Å². The van der Waals surface area contributed by atoms with Crippen LogP contribution in [0.4, 0.5) is 4.79 Å². The molecule has 1 fully saturated rings. The molecule has 0 aromatic heterocycles. The fourth-order valence-electron chi connectivity index (χ4n) is 2.15. The minimum absolute atomic E-state index is 0.0969. The summed E-state index contributed by atoms with van der Waals surface area (Å²) in [6, 6.07) is 4.83. The number of hydrogen-bond donors (Lipinski definition) is 1. The van der Waals surface area contributed by atoms with Gasteiger partial charge in [0.05, 0.1) is 11.0 Å². The van der Waals surface area contributed by atoms with Crippen LogP contribution < -0.4 is 4.74 Å². The normalized spacial score (nSPS) is 16.4. The lowest BCUT2D eigenvalue weighted by molar-refractivity contribution is -0.150. The first-order valence-electron chi connectivity index (χ1n) is 8.30. The number of carbonyl (C=O) groups is 4. The van der Waals surface area contributed by atoms with Crippen molar-refractivity contribution in [3.63, 3.8) is 0 Å². The Morgan fingerprint density at radius 2 is 2.07 bits per heavy atom. The van der Waals surface area contributed by atoms with Crippen molar-refractivity contribution in [3.8, 4) is 5.75 Å². The van der Waals surface area contributed by atoms with E-state index in [2.05, 4.69) is 15.9 Å². The van der Waals surface area contributed by atoms with E-state index in [1.165, 1.54) is 6.08 Å². The first-order chi connectivity index (χ1) is 13.2. The number of hydrogen-bond acceptors (Lipinski definition) is 7. The maximum Gasteiger partial charge on any atom is 0.341 e. The highest BCUT2D eigenvalue weighted by Gasteiger charge is 2.37. The minimum Gasteiger partial charge on any atom is -0.481 e. The van der Waals surface area contributed by atoms with Crippen molar-refractivity contribution >= 4 is 56.9 Å². The van der Waals surface area contributed by atoms with Crippen LogP contribution in [0.2, 0.25) is 0 Å². The zero-order chi connectivity index (χ0) is 20.8. The van der Waals surface area contributed by atoms with Gasteiger partial charge in [0.1, 0.15) is 12.3 Å². The van der Waals surface area contributed by atoms with E-state index in [-0.39, 0.29) is 16.8 Å². The lowest BCUT2D eigenvalue weighted by Gasteiger charge is -2.14. The monoisotopic (exact) mass is 471 g/mol. The highest BCUT2D eigenvalue weighted by molar-refractivity contribution is 9.10. The van der Waals surface area contributed by atoms with Crippen LogP contribution in [0.5, 0.6) is 5.75 Å². The predicted octanol–water partition coefficient (Wildman–Crippen LogP) is 3.29. The molecule has 1 aromatic carbocycles. The van der Waals surface area contributed by atoms with Gasteiger partial charge in [-0.25, -0.2) is 4.79 Å². The van der Waals surface area contributed by atoms with Crippen LogP contribution in [0.3, 0.4) is 0 Å². The molecule has 1 atom stereocenters.